The van der Waals surface area contributed by atoms with Gasteiger partial charge in [0.15, 0.2) is 6.17 Å². The van der Waals surface area contributed by atoms with Crippen molar-refractivity contribution in [3.05, 3.63) is 0 Å². The summed E-state index contributed by atoms with van der Waals surface area (Å²) >= 11 is 0. The van der Waals surface area contributed by atoms with E-state index in [1.54, 1.807) is 0 Å². The molecule has 1 aliphatic rings. The molecule has 4 atom stereocenters. The first-order valence-electron chi connectivity index (χ1n) is 3.01. The minimum absolute atomic E-state index is 0.407. The number of rotatable bonds is 1. The zero-order valence-electron chi connectivity index (χ0n) is 5.27. The number of aliphatic hydroxyl groups excluding tert-OH is 2. The van der Waals surface area contributed by atoms with Crippen LogP contribution in [0.25, 0.3) is 0 Å². The van der Waals surface area contributed by atoms with Gasteiger partial charge in [-0.1, -0.05) is 0 Å². The first-order valence-corrected chi connectivity index (χ1v) is 3.01. The Hall–Kier alpha value is -0.230. The van der Waals surface area contributed by atoms with Gasteiger partial charge in [-0.15, -0.1) is 0 Å². The number of nitrogens with two attached hydrogens (primary N) is 1. The zero-order chi connectivity index (χ0) is 7.72. The fraction of sp³-hybridized carbons (Fsp3) is 1.00. The fourth-order valence-electron chi connectivity index (χ4n) is 0.908. The van der Waals surface area contributed by atoms with Crippen molar-refractivity contribution in [2.45, 2.75) is 24.6 Å². The molecule has 2 unspecified atom stereocenters. The molecule has 0 radical (unpaired) electrons. The lowest BCUT2D eigenvalue weighted by molar-refractivity contribution is -0.0200. The molecule has 5 heteroatoms. The molecule has 0 saturated carbocycles. The van der Waals surface area contributed by atoms with Crippen molar-refractivity contribution in [3.63, 3.8) is 0 Å². The number of aliphatic hydroxyl groups is 2. The van der Waals surface area contributed by atoms with Gasteiger partial charge >= 0.3 is 0 Å². The van der Waals surface area contributed by atoms with Gasteiger partial charge in [-0.3, -0.25) is 0 Å². The number of halogens is 1. The van der Waals surface area contributed by atoms with Crippen LogP contribution in [0.2, 0.25) is 0 Å². The zero-order valence-corrected chi connectivity index (χ0v) is 5.27. The second-order valence-corrected chi connectivity index (χ2v) is 2.26. The third-order valence-corrected chi connectivity index (χ3v) is 1.53. The molecule has 4 nitrogen and oxygen atoms in total. The minimum Gasteiger partial charge on any atom is -0.394 e. The quantitative estimate of drug-likeness (QED) is 0.420. The molecule has 1 saturated heterocycles. The molecule has 1 rings (SSSR count). The summed E-state index contributed by atoms with van der Waals surface area (Å²) in [7, 11) is 0. The molecule has 1 fully saturated rings. The summed E-state index contributed by atoms with van der Waals surface area (Å²) in [6, 6.07) is 0. The van der Waals surface area contributed by atoms with Crippen molar-refractivity contribution < 1.29 is 19.3 Å². The Morgan fingerprint density at radius 3 is 2.40 bits per heavy atom. The molecule has 0 aromatic heterocycles. The van der Waals surface area contributed by atoms with Crippen molar-refractivity contribution >= 4 is 0 Å². The van der Waals surface area contributed by atoms with E-state index >= 15 is 0 Å². The number of alkyl halides is 1. The second-order valence-electron chi connectivity index (χ2n) is 2.26. The summed E-state index contributed by atoms with van der Waals surface area (Å²) in [4.78, 5) is 0. The van der Waals surface area contributed by atoms with Crippen molar-refractivity contribution in [3.8, 4) is 0 Å². The van der Waals surface area contributed by atoms with E-state index in [9.17, 15) is 4.39 Å². The Morgan fingerprint density at radius 1 is 1.60 bits per heavy atom. The predicted molar refractivity (Wildman–Crippen MR) is 30.8 cm³/mol. The average Bonchev–Trinajstić information content (AvgIpc) is 2.17. The SMILES string of the molecule is N[C@@H]1O[C@H](CO)C(O)C1F. The predicted octanol–water partition coefficient (Wildman–Crippen LogP) is -1.64. The van der Waals surface area contributed by atoms with E-state index in [1.165, 1.54) is 0 Å². The first-order chi connectivity index (χ1) is 4.66. The number of hydrogen-bond donors (Lipinski definition) is 3. The Morgan fingerprint density at radius 2 is 2.20 bits per heavy atom. The van der Waals surface area contributed by atoms with E-state index in [0.717, 1.165) is 0 Å². The van der Waals surface area contributed by atoms with Gasteiger partial charge < -0.3 is 20.7 Å². The Labute approximate surface area is 57.4 Å². The maximum Gasteiger partial charge on any atom is 0.168 e. The van der Waals surface area contributed by atoms with E-state index in [-0.39, 0.29) is 0 Å². The smallest absolute Gasteiger partial charge is 0.168 e. The Bertz CT molecular complexity index is 123. The average molecular weight is 151 g/mol. The van der Waals surface area contributed by atoms with Crippen molar-refractivity contribution in [1.29, 1.82) is 0 Å². The molecule has 1 aliphatic heterocycles. The highest BCUT2D eigenvalue weighted by Crippen LogP contribution is 2.20. The molecular weight excluding hydrogens is 141 g/mol. The van der Waals surface area contributed by atoms with Crippen molar-refractivity contribution in [2.24, 2.45) is 5.73 Å². The maximum absolute atomic E-state index is 12.5. The lowest BCUT2D eigenvalue weighted by atomic mass is 10.2. The van der Waals surface area contributed by atoms with E-state index in [1.807, 2.05) is 0 Å². The van der Waals surface area contributed by atoms with Crippen LogP contribution in [-0.2, 0) is 4.74 Å². The second kappa shape index (κ2) is 2.79. The van der Waals surface area contributed by atoms with E-state index in [0.29, 0.717) is 0 Å². The van der Waals surface area contributed by atoms with Crippen LogP contribution in [0.5, 0.6) is 0 Å². The van der Waals surface area contributed by atoms with Gasteiger partial charge in [-0.25, -0.2) is 4.39 Å². The van der Waals surface area contributed by atoms with E-state index in [2.05, 4.69) is 4.74 Å². The van der Waals surface area contributed by atoms with Crippen LogP contribution >= 0.6 is 0 Å². The summed E-state index contributed by atoms with van der Waals surface area (Å²) in [6.07, 6.45) is -4.85. The molecule has 0 bridgehead atoms. The van der Waals surface area contributed by atoms with E-state index < -0.39 is 31.2 Å². The number of ether oxygens (including phenoxy) is 1. The molecule has 60 valence electrons. The third-order valence-electron chi connectivity index (χ3n) is 1.53. The minimum atomic E-state index is -1.59. The molecule has 10 heavy (non-hydrogen) atoms. The molecular formula is C5H10FNO3. The monoisotopic (exact) mass is 151 g/mol. The van der Waals surface area contributed by atoms with E-state index in [4.69, 9.17) is 15.9 Å². The Kier molecular flexibility index (Phi) is 2.20. The maximum atomic E-state index is 12.5. The summed E-state index contributed by atoms with van der Waals surface area (Å²) in [6.45, 7) is -0.407. The van der Waals surface area contributed by atoms with Gasteiger partial charge in [-0.05, 0) is 0 Å². The van der Waals surface area contributed by atoms with Crippen LogP contribution in [0.4, 0.5) is 4.39 Å². The van der Waals surface area contributed by atoms with Crippen molar-refractivity contribution in [1.82, 2.24) is 0 Å². The third kappa shape index (κ3) is 1.13. The van der Waals surface area contributed by atoms with Gasteiger partial charge in [0, 0.05) is 0 Å². The molecule has 0 aromatic carbocycles. The molecule has 4 N–H and O–H groups in total. The van der Waals surface area contributed by atoms with Crippen LogP contribution in [-0.4, -0.2) is 41.4 Å². The van der Waals surface area contributed by atoms with Crippen molar-refractivity contribution in [2.75, 3.05) is 6.61 Å². The summed E-state index contributed by atoms with van der Waals surface area (Å²) in [5.41, 5.74) is 5.07. The molecule has 0 spiro atoms. The molecule has 0 amide bonds. The van der Waals surface area contributed by atoms with Gasteiger partial charge in [0.05, 0.1) is 6.61 Å². The summed E-state index contributed by atoms with van der Waals surface area (Å²) < 4.78 is 17.2. The van der Waals surface area contributed by atoms with Crippen LogP contribution < -0.4 is 5.73 Å². The van der Waals surface area contributed by atoms with Crippen LogP contribution in [0.3, 0.4) is 0 Å². The highest BCUT2D eigenvalue weighted by molar-refractivity contribution is 4.87. The van der Waals surface area contributed by atoms with Crippen LogP contribution in [0.1, 0.15) is 0 Å². The standard InChI is InChI=1S/C5H10FNO3/c6-3-4(9)2(1-8)10-5(3)7/h2-5,8-9H,1,7H2/t2-,3?,4?,5-/m1/s1. The molecule has 0 aromatic rings. The van der Waals surface area contributed by atoms with Crippen LogP contribution in [0, 0.1) is 0 Å². The van der Waals surface area contributed by atoms with Gasteiger partial charge in [0.1, 0.15) is 18.4 Å². The lowest BCUT2D eigenvalue weighted by Gasteiger charge is -2.08. The molecule has 0 aliphatic carbocycles. The fourth-order valence-corrected chi connectivity index (χ4v) is 0.908. The summed E-state index contributed by atoms with van der Waals surface area (Å²) in [5, 5.41) is 17.4. The Balaban J connectivity index is 2.53. The highest BCUT2D eigenvalue weighted by Gasteiger charge is 2.41. The highest BCUT2D eigenvalue weighted by atomic mass is 19.1. The largest absolute Gasteiger partial charge is 0.394 e. The van der Waals surface area contributed by atoms with Crippen LogP contribution in [0.15, 0.2) is 0 Å². The lowest BCUT2D eigenvalue weighted by Crippen LogP contribution is -2.33. The first kappa shape index (κ1) is 7.87. The topological polar surface area (TPSA) is 75.7 Å². The summed E-state index contributed by atoms with van der Waals surface area (Å²) in [5.74, 6) is 0. The molecule has 1 heterocycles. The normalized spacial score (nSPS) is 48.0. The number of hydrogen-bond acceptors (Lipinski definition) is 4. The van der Waals surface area contributed by atoms with Gasteiger partial charge in [0.25, 0.3) is 0 Å². The van der Waals surface area contributed by atoms with Gasteiger partial charge in [0.2, 0.25) is 0 Å². The van der Waals surface area contributed by atoms with Gasteiger partial charge in [-0.2, -0.15) is 0 Å².